The monoisotopic (exact) mass is 558 g/mol. The maximum Gasteiger partial charge on any atom is 0.407 e. The number of carbonyl (C=O) groups excluding carboxylic acids is 2. The van der Waals surface area contributed by atoms with Gasteiger partial charge in [0.15, 0.2) is 0 Å². The average molecular weight is 559 g/mol. The molecule has 0 spiro atoms. The summed E-state index contributed by atoms with van der Waals surface area (Å²) >= 11 is 0. The van der Waals surface area contributed by atoms with Crippen molar-refractivity contribution in [2.24, 2.45) is 0 Å². The highest BCUT2D eigenvalue weighted by atomic mass is 16.5. The highest BCUT2D eigenvalue weighted by Gasteiger charge is 2.44. The number of hydrogen-bond acceptors (Lipinski definition) is 6. The summed E-state index contributed by atoms with van der Waals surface area (Å²) in [6.07, 6.45) is -1.35. The second-order valence-electron chi connectivity index (χ2n) is 10.4. The zero-order chi connectivity index (χ0) is 28.8. The third-order valence-electron chi connectivity index (χ3n) is 7.84. The zero-order valence-corrected chi connectivity index (χ0v) is 22.9. The van der Waals surface area contributed by atoms with Crippen molar-refractivity contribution >= 4 is 18.0 Å². The number of aliphatic carboxylic acids is 1. The number of nitrogens with one attached hydrogen (secondary N) is 2. The largest absolute Gasteiger partial charge is 0.480 e. The van der Waals surface area contributed by atoms with E-state index < -0.39 is 35.7 Å². The Bertz CT molecular complexity index is 1340. The summed E-state index contributed by atoms with van der Waals surface area (Å²) in [5.74, 6) is -1.96. The molecule has 41 heavy (non-hydrogen) atoms. The van der Waals surface area contributed by atoms with Gasteiger partial charge in [0.25, 0.3) is 0 Å². The van der Waals surface area contributed by atoms with Crippen LogP contribution >= 0.6 is 0 Å². The molecule has 2 unspecified atom stereocenters. The van der Waals surface area contributed by atoms with Crippen molar-refractivity contribution in [3.63, 3.8) is 0 Å². The number of carboxylic acids is 1. The van der Waals surface area contributed by atoms with Crippen LogP contribution in [0, 0.1) is 0 Å². The lowest BCUT2D eigenvalue weighted by atomic mass is 9.89. The second-order valence-corrected chi connectivity index (χ2v) is 10.4. The molecule has 2 atom stereocenters. The molecule has 9 heteroatoms. The molecule has 2 amide bonds. The van der Waals surface area contributed by atoms with Crippen molar-refractivity contribution in [3.8, 4) is 11.1 Å². The molecule has 1 aliphatic carbocycles. The fraction of sp³-hybridized carbons (Fsp3) is 0.344. The molecule has 1 saturated heterocycles. The lowest BCUT2D eigenvalue weighted by molar-refractivity contribution is -0.153. The van der Waals surface area contributed by atoms with Gasteiger partial charge in [-0.05, 0) is 34.7 Å². The molecule has 3 aromatic rings. The van der Waals surface area contributed by atoms with Crippen molar-refractivity contribution < 1.29 is 33.7 Å². The van der Waals surface area contributed by atoms with Crippen LogP contribution in [0.4, 0.5) is 4.79 Å². The summed E-state index contributed by atoms with van der Waals surface area (Å²) in [7, 11) is 0. The van der Waals surface area contributed by atoms with Gasteiger partial charge in [-0.2, -0.15) is 0 Å². The first-order valence-corrected chi connectivity index (χ1v) is 13.8. The third-order valence-corrected chi connectivity index (χ3v) is 7.84. The molecule has 1 heterocycles. The van der Waals surface area contributed by atoms with Crippen LogP contribution in [0.25, 0.3) is 11.1 Å². The van der Waals surface area contributed by atoms with Crippen molar-refractivity contribution in [3.05, 3.63) is 95.6 Å². The molecule has 1 fully saturated rings. The van der Waals surface area contributed by atoms with Crippen molar-refractivity contribution in [1.82, 2.24) is 10.6 Å². The molecule has 1 aliphatic heterocycles. The van der Waals surface area contributed by atoms with Crippen LogP contribution in [-0.4, -0.2) is 60.6 Å². The molecule has 0 radical (unpaired) electrons. The van der Waals surface area contributed by atoms with Gasteiger partial charge in [-0.3, -0.25) is 4.79 Å². The first kappa shape index (κ1) is 28.3. The van der Waals surface area contributed by atoms with E-state index in [1.807, 2.05) is 66.7 Å². The zero-order valence-electron chi connectivity index (χ0n) is 22.9. The van der Waals surface area contributed by atoms with E-state index in [-0.39, 0.29) is 45.2 Å². The van der Waals surface area contributed by atoms with Gasteiger partial charge in [-0.1, -0.05) is 78.9 Å². The average Bonchev–Trinajstić information content (AvgIpc) is 3.32. The number of rotatable bonds is 10. The van der Waals surface area contributed by atoms with Crippen molar-refractivity contribution in [1.29, 1.82) is 0 Å². The highest BCUT2D eigenvalue weighted by molar-refractivity contribution is 5.92. The molecule has 5 rings (SSSR count). The van der Waals surface area contributed by atoms with E-state index in [1.165, 1.54) is 0 Å². The maximum absolute atomic E-state index is 13.5. The topological polar surface area (TPSA) is 123 Å². The van der Waals surface area contributed by atoms with Gasteiger partial charge in [0, 0.05) is 32.0 Å². The summed E-state index contributed by atoms with van der Waals surface area (Å²) in [6, 6.07) is 24.3. The minimum atomic E-state index is -1.49. The van der Waals surface area contributed by atoms with Gasteiger partial charge in [0.05, 0.1) is 12.7 Å². The second kappa shape index (κ2) is 12.5. The normalized spacial score (nSPS) is 17.0. The van der Waals surface area contributed by atoms with Crippen LogP contribution in [-0.2, 0) is 30.4 Å². The van der Waals surface area contributed by atoms with Crippen LogP contribution in [0.3, 0.4) is 0 Å². The summed E-state index contributed by atoms with van der Waals surface area (Å²) in [6.45, 7) is 2.35. The third kappa shape index (κ3) is 6.26. The highest BCUT2D eigenvalue weighted by Crippen LogP contribution is 2.44. The fourth-order valence-corrected chi connectivity index (χ4v) is 5.49. The van der Waals surface area contributed by atoms with E-state index in [0.29, 0.717) is 0 Å². The van der Waals surface area contributed by atoms with Gasteiger partial charge in [-0.15, -0.1) is 0 Å². The Kier molecular flexibility index (Phi) is 8.66. The molecule has 0 bridgehead atoms. The summed E-state index contributed by atoms with van der Waals surface area (Å²) in [5, 5.41) is 15.3. The fourth-order valence-electron chi connectivity index (χ4n) is 5.49. The van der Waals surface area contributed by atoms with Crippen LogP contribution in [0.15, 0.2) is 78.9 Å². The summed E-state index contributed by atoms with van der Waals surface area (Å²) in [4.78, 5) is 38.8. The number of alkyl carbamates (subject to hydrolysis) is 1. The standard InChI is InChI=1S/C32H34N2O7/c1-21(40-19-22-9-3-2-4-10-22)28(29(35)34-32(30(36)37)15-17-39-18-16-32)33-31(38)41-20-27-25-13-7-5-11-23(25)24-12-6-8-14-26(24)27/h2-14,21,27-28H,15-20H2,1H3,(H,33,38)(H,34,35)(H,36,37). The molecule has 2 aliphatic rings. The number of carbonyl (C=O) groups is 3. The van der Waals surface area contributed by atoms with E-state index in [2.05, 4.69) is 22.8 Å². The smallest absolute Gasteiger partial charge is 0.407 e. The maximum atomic E-state index is 13.5. The molecule has 9 nitrogen and oxygen atoms in total. The number of carboxylic acid groups (broad SMARTS) is 1. The lowest BCUT2D eigenvalue weighted by Crippen LogP contribution is -2.63. The number of ether oxygens (including phenoxy) is 3. The summed E-state index contributed by atoms with van der Waals surface area (Å²) in [5.41, 5.74) is 3.75. The number of fused-ring (bicyclic) bond motifs is 3. The van der Waals surface area contributed by atoms with E-state index in [9.17, 15) is 19.5 Å². The van der Waals surface area contributed by atoms with Crippen LogP contribution < -0.4 is 10.6 Å². The van der Waals surface area contributed by atoms with Crippen LogP contribution in [0.5, 0.6) is 0 Å². The predicted molar refractivity (Wildman–Crippen MR) is 151 cm³/mol. The molecule has 3 N–H and O–H groups in total. The SMILES string of the molecule is CC(OCc1ccccc1)C(NC(=O)OCC1c2ccccc2-c2ccccc21)C(=O)NC1(C(=O)O)CCOCC1. The predicted octanol–water partition coefficient (Wildman–Crippen LogP) is 4.25. The van der Waals surface area contributed by atoms with Crippen LogP contribution in [0.1, 0.15) is 42.4 Å². The van der Waals surface area contributed by atoms with Gasteiger partial charge in [0.2, 0.25) is 5.91 Å². The molecule has 0 aromatic heterocycles. The number of amides is 2. The van der Waals surface area contributed by atoms with E-state index in [4.69, 9.17) is 14.2 Å². The van der Waals surface area contributed by atoms with Gasteiger partial charge < -0.3 is 30.0 Å². The van der Waals surface area contributed by atoms with Crippen molar-refractivity contribution in [2.45, 2.75) is 50.0 Å². The molecule has 0 saturated carbocycles. The summed E-state index contributed by atoms with van der Waals surface area (Å²) < 4.78 is 17.0. The Morgan fingerprint density at radius 3 is 2.12 bits per heavy atom. The minimum Gasteiger partial charge on any atom is -0.480 e. The van der Waals surface area contributed by atoms with Gasteiger partial charge in [0.1, 0.15) is 18.2 Å². The lowest BCUT2D eigenvalue weighted by Gasteiger charge is -2.36. The Labute approximate surface area is 238 Å². The molecule has 214 valence electrons. The molecule has 3 aromatic carbocycles. The quantitative estimate of drug-likeness (QED) is 0.340. The van der Waals surface area contributed by atoms with Gasteiger partial charge >= 0.3 is 12.1 Å². The van der Waals surface area contributed by atoms with E-state index in [0.717, 1.165) is 27.8 Å². The van der Waals surface area contributed by atoms with Crippen LogP contribution in [0.2, 0.25) is 0 Å². The first-order chi connectivity index (χ1) is 19.9. The van der Waals surface area contributed by atoms with Crippen molar-refractivity contribution in [2.75, 3.05) is 19.8 Å². The molecular weight excluding hydrogens is 524 g/mol. The van der Waals surface area contributed by atoms with E-state index in [1.54, 1.807) is 6.92 Å². The minimum absolute atomic E-state index is 0.0733. The van der Waals surface area contributed by atoms with Gasteiger partial charge in [-0.25, -0.2) is 9.59 Å². The Hall–Kier alpha value is -4.21. The number of hydrogen-bond donors (Lipinski definition) is 3. The Morgan fingerprint density at radius 2 is 1.51 bits per heavy atom. The molecular formula is C32H34N2O7. The van der Waals surface area contributed by atoms with E-state index >= 15 is 0 Å². The Morgan fingerprint density at radius 1 is 0.927 bits per heavy atom. The Balaban J connectivity index is 1.30. The number of benzene rings is 3. The first-order valence-electron chi connectivity index (χ1n) is 13.8.